The third-order valence-electron chi connectivity index (χ3n) is 4.77. The van der Waals surface area contributed by atoms with Gasteiger partial charge in [0.05, 0.1) is 12.4 Å². The van der Waals surface area contributed by atoms with E-state index in [2.05, 4.69) is 6.92 Å². The van der Waals surface area contributed by atoms with Gasteiger partial charge >= 0.3 is 5.97 Å². The fraction of sp³-hybridized carbons (Fsp3) is 0.789. The Morgan fingerprint density at radius 3 is 2.83 bits per heavy atom. The molecule has 0 saturated heterocycles. The van der Waals surface area contributed by atoms with Gasteiger partial charge in [0, 0.05) is 12.3 Å². The fourth-order valence-corrected chi connectivity index (χ4v) is 3.51. The number of aliphatic hydroxyl groups excluding tert-OH is 1. The summed E-state index contributed by atoms with van der Waals surface area (Å²) in [7, 11) is 0. The second kappa shape index (κ2) is 12.1. The normalized spacial score (nSPS) is 22.2. The van der Waals surface area contributed by atoms with Gasteiger partial charge in [-0.25, -0.2) is 4.79 Å². The second-order valence-corrected chi connectivity index (χ2v) is 6.75. The number of aliphatic carboxylic acids is 1. The van der Waals surface area contributed by atoms with Crippen LogP contribution in [0.25, 0.3) is 0 Å². The van der Waals surface area contributed by atoms with Crippen LogP contribution in [-0.2, 0) is 14.3 Å². The highest BCUT2D eigenvalue weighted by Crippen LogP contribution is 2.35. The van der Waals surface area contributed by atoms with E-state index in [0.29, 0.717) is 18.1 Å². The van der Waals surface area contributed by atoms with Crippen LogP contribution in [0.1, 0.15) is 71.1 Å². The van der Waals surface area contributed by atoms with Crippen molar-refractivity contribution in [2.24, 2.45) is 11.8 Å². The van der Waals surface area contributed by atoms with Crippen LogP contribution in [0.4, 0.5) is 0 Å². The van der Waals surface area contributed by atoms with Crippen molar-refractivity contribution < 1.29 is 24.5 Å². The molecule has 0 aromatic carbocycles. The number of allylic oxidation sites excluding steroid dienone is 1. The summed E-state index contributed by atoms with van der Waals surface area (Å²) in [5.74, 6) is -0.0237. The van der Waals surface area contributed by atoms with Gasteiger partial charge in [-0.15, -0.1) is 0 Å². The van der Waals surface area contributed by atoms with E-state index in [1.54, 1.807) is 6.08 Å². The molecule has 5 heteroatoms. The van der Waals surface area contributed by atoms with Crippen LogP contribution in [-0.4, -0.2) is 34.7 Å². The van der Waals surface area contributed by atoms with Gasteiger partial charge in [-0.2, -0.15) is 0 Å². The Kier molecular flexibility index (Phi) is 10.4. The van der Waals surface area contributed by atoms with E-state index in [4.69, 9.17) is 9.84 Å². The Morgan fingerprint density at radius 1 is 1.33 bits per heavy atom. The molecule has 3 atom stereocenters. The molecular formula is C19H32O5. The monoisotopic (exact) mass is 340 g/mol. The van der Waals surface area contributed by atoms with E-state index < -0.39 is 5.97 Å². The van der Waals surface area contributed by atoms with Crippen molar-refractivity contribution in [1.29, 1.82) is 0 Å². The molecule has 0 aliphatic heterocycles. The van der Waals surface area contributed by atoms with Crippen molar-refractivity contribution in [1.82, 2.24) is 0 Å². The van der Waals surface area contributed by atoms with E-state index in [-0.39, 0.29) is 18.6 Å². The van der Waals surface area contributed by atoms with Gasteiger partial charge in [0.2, 0.25) is 0 Å². The van der Waals surface area contributed by atoms with Gasteiger partial charge < -0.3 is 14.9 Å². The quantitative estimate of drug-likeness (QED) is 0.394. The highest BCUT2D eigenvalue weighted by Gasteiger charge is 2.33. The first-order valence-corrected chi connectivity index (χ1v) is 9.23. The van der Waals surface area contributed by atoms with Crippen LogP contribution in [0.3, 0.4) is 0 Å². The van der Waals surface area contributed by atoms with Crippen LogP contribution in [0, 0.1) is 11.8 Å². The largest absolute Gasteiger partial charge is 0.490 e. The Bertz CT molecular complexity index is 405. The van der Waals surface area contributed by atoms with Crippen molar-refractivity contribution in [3.05, 3.63) is 12.3 Å². The van der Waals surface area contributed by atoms with E-state index in [1.807, 2.05) is 0 Å². The lowest BCUT2D eigenvalue weighted by Crippen LogP contribution is -2.15. The number of carbonyl (C=O) groups is 2. The number of hydrogen-bond donors (Lipinski definition) is 2. The Balaban J connectivity index is 2.21. The minimum absolute atomic E-state index is 0.134. The van der Waals surface area contributed by atoms with E-state index in [9.17, 15) is 14.7 Å². The standard InChI is InChI=1S/C19H32O5/c1-2-7-16(20)9-4-3-8-15-11-12-18(21)17(15)10-5-6-13-24-14-19(22)23/h6,13,15-17,20H,2-5,7-12,14H2,1H3,(H,22,23)/t15-,16?,17+/m0/s1. The number of rotatable bonds is 13. The molecule has 0 spiro atoms. The molecule has 24 heavy (non-hydrogen) atoms. The molecule has 1 aliphatic carbocycles. The third-order valence-corrected chi connectivity index (χ3v) is 4.77. The smallest absolute Gasteiger partial charge is 0.341 e. The van der Waals surface area contributed by atoms with Crippen molar-refractivity contribution in [2.45, 2.75) is 77.2 Å². The average Bonchev–Trinajstić information content (AvgIpc) is 2.88. The number of hydrogen-bond acceptors (Lipinski definition) is 4. The first-order valence-electron chi connectivity index (χ1n) is 9.23. The summed E-state index contributed by atoms with van der Waals surface area (Å²) in [6.07, 6.45) is 12.2. The van der Waals surface area contributed by atoms with E-state index in [1.165, 1.54) is 6.26 Å². The van der Waals surface area contributed by atoms with Crippen molar-refractivity contribution >= 4 is 11.8 Å². The maximum atomic E-state index is 12.0. The Hall–Kier alpha value is -1.36. The van der Waals surface area contributed by atoms with Gasteiger partial charge in [-0.3, -0.25) is 4.79 Å². The lowest BCUT2D eigenvalue weighted by molar-refractivity contribution is -0.140. The zero-order valence-electron chi connectivity index (χ0n) is 14.8. The molecule has 2 N–H and O–H groups in total. The lowest BCUT2D eigenvalue weighted by atomic mass is 9.87. The maximum Gasteiger partial charge on any atom is 0.341 e. The zero-order valence-corrected chi connectivity index (χ0v) is 14.8. The zero-order chi connectivity index (χ0) is 17.8. The molecule has 0 amide bonds. The number of ketones is 1. The molecular weight excluding hydrogens is 308 g/mol. The van der Waals surface area contributed by atoms with Crippen molar-refractivity contribution in [3.63, 3.8) is 0 Å². The van der Waals surface area contributed by atoms with Crippen LogP contribution >= 0.6 is 0 Å². The molecule has 0 aromatic heterocycles. The van der Waals surface area contributed by atoms with Gasteiger partial charge in [-0.1, -0.05) is 26.2 Å². The van der Waals surface area contributed by atoms with Gasteiger partial charge in [-0.05, 0) is 50.5 Å². The van der Waals surface area contributed by atoms with Gasteiger partial charge in [0.1, 0.15) is 5.78 Å². The molecule has 1 saturated carbocycles. The van der Waals surface area contributed by atoms with Gasteiger partial charge in [0.15, 0.2) is 6.61 Å². The highest BCUT2D eigenvalue weighted by molar-refractivity contribution is 5.83. The fourth-order valence-electron chi connectivity index (χ4n) is 3.51. The Morgan fingerprint density at radius 2 is 2.12 bits per heavy atom. The van der Waals surface area contributed by atoms with Crippen molar-refractivity contribution in [3.8, 4) is 0 Å². The minimum atomic E-state index is -0.991. The predicted octanol–water partition coefficient (Wildman–Crippen LogP) is 3.70. The number of carboxylic acid groups (broad SMARTS) is 1. The van der Waals surface area contributed by atoms with Crippen LogP contribution in [0.2, 0.25) is 0 Å². The Labute approximate surface area is 145 Å². The summed E-state index contributed by atoms with van der Waals surface area (Å²) in [5, 5.41) is 18.2. The van der Waals surface area contributed by atoms with Gasteiger partial charge in [0.25, 0.3) is 0 Å². The first kappa shape index (κ1) is 20.7. The number of aliphatic hydroxyl groups is 1. The minimum Gasteiger partial charge on any atom is -0.490 e. The topological polar surface area (TPSA) is 83.8 Å². The summed E-state index contributed by atoms with van der Waals surface area (Å²) < 4.78 is 4.85. The molecule has 0 radical (unpaired) electrons. The molecule has 1 unspecified atom stereocenters. The highest BCUT2D eigenvalue weighted by atomic mass is 16.5. The molecule has 5 nitrogen and oxygen atoms in total. The van der Waals surface area contributed by atoms with Crippen LogP contribution in [0.15, 0.2) is 12.3 Å². The average molecular weight is 340 g/mol. The number of carboxylic acids is 1. The number of Topliss-reactive ketones (excluding diaryl/α,β-unsaturated/α-hetero) is 1. The summed E-state index contributed by atoms with van der Waals surface area (Å²) in [6.45, 7) is 1.75. The van der Waals surface area contributed by atoms with Crippen molar-refractivity contribution in [2.75, 3.05) is 6.61 Å². The lowest BCUT2D eigenvalue weighted by Gasteiger charge is -2.18. The van der Waals surface area contributed by atoms with E-state index >= 15 is 0 Å². The second-order valence-electron chi connectivity index (χ2n) is 6.75. The summed E-state index contributed by atoms with van der Waals surface area (Å²) in [6, 6.07) is 0. The van der Waals surface area contributed by atoms with E-state index in [0.717, 1.165) is 57.8 Å². The molecule has 1 rings (SSSR count). The SMILES string of the molecule is CCCC(O)CCCC[C@H]1CCC(=O)[C@@H]1CCC=COCC(=O)O. The first-order chi connectivity index (χ1) is 11.5. The van der Waals surface area contributed by atoms with Crippen LogP contribution in [0.5, 0.6) is 0 Å². The molecule has 0 heterocycles. The third kappa shape index (κ3) is 8.48. The predicted molar refractivity (Wildman–Crippen MR) is 92.6 cm³/mol. The molecule has 138 valence electrons. The van der Waals surface area contributed by atoms with Crippen LogP contribution < -0.4 is 0 Å². The molecule has 1 fully saturated rings. The maximum absolute atomic E-state index is 12.0. The number of unbranched alkanes of at least 4 members (excludes halogenated alkanes) is 1. The molecule has 0 aromatic rings. The number of carbonyl (C=O) groups excluding carboxylic acids is 1. The summed E-state index contributed by atoms with van der Waals surface area (Å²) in [5.41, 5.74) is 0. The molecule has 0 bridgehead atoms. The summed E-state index contributed by atoms with van der Waals surface area (Å²) in [4.78, 5) is 22.4. The summed E-state index contributed by atoms with van der Waals surface area (Å²) >= 11 is 0. The number of ether oxygens (including phenoxy) is 1. The molecule has 1 aliphatic rings.